The largest absolute Gasteiger partial charge is 0.423 e. The van der Waals surface area contributed by atoms with Gasteiger partial charge in [0.1, 0.15) is 5.75 Å². The second kappa shape index (κ2) is 8.35. The van der Waals surface area contributed by atoms with E-state index in [4.69, 9.17) is 4.74 Å². The molecule has 0 radical (unpaired) electrons. The van der Waals surface area contributed by atoms with Gasteiger partial charge in [-0.05, 0) is 62.4 Å². The van der Waals surface area contributed by atoms with Gasteiger partial charge in [-0.25, -0.2) is 4.79 Å². The second-order valence-electron chi connectivity index (χ2n) is 6.49. The van der Waals surface area contributed by atoms with Gasteiger partial charge in [0.2, 0.25) is 0 Å². The quantitative estimate of drug-likeness (QED) is 0.295. The van der Waals surface area contributed by atoms with E-state index in [1.807, 2.05) is 31.2 Å². The highest BCUT2D eigenvalue weighted by atomic mass is 16.6. The molecule has 0 aromatic heterocycles. The third-order valence-electron chi connectivity index (χ3n) is 4.27. The number of esters is 1. The maximum Gasteiger partial charge on any atom is 0.343 e. The lowest BCUT2D eigenvalue weighted by Crippen LogP contribution is -2.12. The van der Waals surface area contributed by atoms with E-state index in [0.717, 1.165) is 5.56 Å². The zero-order valence-corrected chi connectivity index (χ0v) is 15.8. The number of anilines is 1. The zero-order valence-electron chi connectivity index (χ0n) is 15.8. The molecular formula is C22H18N2O5. The van der Waals surface area contributed by atoms with E-state index in [2.05, 4.69) is 5.32 Å². The molecule has 0 aliphatic rings. The first-order valence-electron chi connectivity index (χ1n) is 8.79. The number of rotatable bonds is 5. The molecule has 0 spiro atoms. The molecule has 0 unspecified atom stereocenters. The molecule has 7 nitrogen and oxygen atoms in total. The van der Waals surface area contributed by atoms with E-state index in [0.29, 0.717) is 16.8 Å². The summed E-state index contributed by atoms with van der Waals surface area (Å²) in [6, 6.07) is 17.6. The number of nitro benzene ring substituents is 1. The summed E-state index contributed by atoms with van der Waals surface area (Å²) in [6.07, 6.45) is 0. The molecule has 146 valence electrons. The number of aryl methyl sites for hydroxylation is 2. The molecule has 7 heteroatoms. The molecule has 0 aliphatic carbocycles. The van der Waals surface area contributed by atoms with Crippen LogP contribution in [0.25, 0.3) is 0 Å². The van der Waals surface area contributed by atoms with Crippen LogP contribution >= 0.6 is 0 Å². The Morgan fingerprint density at radius 3 is 2.10 bits per heavy atom. The summed E-state index contributed by atoms with van der Waals surface area (Å²) in [6.45, 7) is 3.51. The van der Waals surface area contributed by atoms with Crippen LogP contribution in [-0.2, 0) is 0 Å². The lowest BCUT2D eigenvalue weighted by Gasteiger charge is -2.08. The minimum Gasteiger partial charge on any atom is -0.423 e. The van der Waals surface area contributed by atoms with Crippen molar-refractivity contribution in [1.82, 2.24) is 0 Å². The summed E-state index contributed by atoms with van der Waals surface area (Å²) in [7, 11) is 0. The molecule has 0 fully saturated rings. The Kier molecular flexibility index (Phi) is 5.69. The Labute approximate surface area is 167 Å². The number of carbonyl (C=O) groups is 2. The molecule has 0 bridgehead atoms. The van der Waals surface area contributed by atoms with Crippen LogP contribution in [0.2, 0.25) is 0 Å². The minimum absolute atomic E-state index is 0.0644. The van der Waals surface area contributed by atoms with Gasteiger partial charge >= 0.3 is 5.97 Å². The summed E-state index contributed by atoms with van der Waals surface area (Å²) in [4.78, 5) is 34.9. The van der Waals surface area contributed by atoms with Crippen molar-refractivity contribution in [3.05, 3.63) is 99.1 Å². The fourth-order valence-corrected chi connectivity index (χ4v) is 2.67. The van der Waals surface area contributed by atoms with E-state index in [1.165, 1.54) is 30.3 Å². The van der Waals surface area contributed by atoms with Gasteiger partial charge in [-0.3, -0.25) is 14.9 Å². The predicted molar refractivity (Wildman–Crippen MR) is 108 cm³/mol. The van der Waals surface area contributed by atoms with Gasteiger partial charge in [-0.15, -0.1) is 0 Å². The highest BCUT2D eigenvalue weighted by Crippen LogP contribution is 2.21. The van der Waals surface area contributed by atoms with Crippen molar-refractivity contribution in [3.8, 4) is 5.75 Å². The van der Waals surface area contributed by atoms with Gasteiger partial charge in [-0.2, -0.15) is 0 Å². The third kappa shape index (κ3) is 4.84. The van der Waals surface area contributed by atoms with E-state index in [-0.39, 0.29) is 22.9 Å². The summed E-state index contributed by atoms with van der Waals surface area (Å²) in [5.74, 6) is -0.657. The number of nitrogens with one attached hydrogen (secondary N) is 1. The van der Waals surface area contributed by atoms with E-state index >= 15 is 0 Å². The molecule has 3 aromatic carbocycles. The number of hydrogen-bond donors (Lipinski definition) is 1. The smallest absolute Gasteiger partial charge is 0.343 e. The van der Waals surface area contributed by atoms with Gasteiger partial charge in [-0.1, -0.05) is 17.7 Å². The van der Waals surface area contributed by atoms with Crippen LogP contribution in [-0.4, -0.2) is 16.8 Å². The van der Waals surface area contributed by atoms with Crippen molar-refractivity contribution < 1.29 is 19.2 Å². The van der Waals surface area contributed by atoms with Crippen LogP contribution in [0, 0.1) is 24.0 Å². The Morgan fingerprint density at radius 1 is 0.897 bits per heavy atom. The van der Waals surface area contributed by atoms with Crippen molar-refractivity contribution in [3.63, 3.8) is 0 Å². The SMILES string of the molecule is Cc1ccc(NC(=O)c2ccc(OC(=O)c3ccc([N+](=O)[O-])c(C)c3)cc2)cc1. The van der Waals surface area contributed by atoms with Gasteiger partial charge < -0.3 is 10.1 Å². The van der Waals surface area contributed by atoms with Crippen molar-refractivity contribution in [2.75, 3.05) is 5.32 Å². The lowest BCUT2D eigenvalue weighted by molar-refractivity contribution is -0.385. The molecule has 3 aromatic rings. The highest BCUT2D eigenvalue weighted by Gasteiger charge is 2.15. The Bertz CT molecular complexity index is 1070. The number of ether oxygens (including phenoxy) is 1. The average Bonchev–Trinajstić information content (AvgIpc) is 2.69. The lowest BCUT2D eigenvalue weighted by atomic mass is 10.1. The Morgan fingerprint density at radius 2 is 1.52 bits per heavy atom. The molecule has 1 N–H and O–H groups in total. The van der Waals surface area contributed by atoms with Crippen molar-refractivity contribution in [2.45, 2.75) is 13.8 Å². The molecule has 0 aliphatic heterocycles. The zero-order chi connectivity index (χ0) is 21.0. The highest BCUT2D eigenvalue weighted by molar-refractivity contribution is 6.04. The fraction of sp³-hybridized carbons (Fsp3) is 0.0909. The predicted octanol–water partition coefficient (Wildman–Crippen LogP) is 4.68. The van der Waals surface area contributed by atoms with E-state index in [1.54, 1.807) is 19.1 Å². The number of nitrogens with zero attached hydrogens (tertiary/aromatic N) is 1. The average molecular weight is 390 g/mol. The van der Waals surface area contributed by atoms with Gasteiger partial charge in [0.15, 0.2) is 0 Å². The number of amides is 1. The van der Waals surface area contributed by atoms with Crippen molar-refractivity contribution in [1.29, 1.82) is 0 Å². The van der Waals surface area contributed by atoms with Crippen LogP contribution in [0.15, 0.2) is 66.7 Å². The van der Waals surface area contributed by atoms with Gasteiger partial charge in [0, 0.05) is 22.9 Å². The molecule has 0 saturated carbocycles. The number of benzene rings is 3. The Hall–Kier alpha value is -4.00. The van der Waals surface area contributed by atoms with E-state index < -0.39 is 10.9 Å². The fourth-order valence-electron chi connectivity index (χ4n) is 2.67. The van der Waals surface area contributed by atoms with Crippen LogP contribution in [0.4, 0.5) is 11.4 Å². The maximum absolute atomic E-state index is 12.3. The first-order valence-corrected chi connectivity index (χ1v) is 8.79. The third-order valence-corrected chi connectivity index (χ3v) is 4.27. The number of nitro groups is 1. The monoisotopic (exact) mass is 390 g/mol. The second-order valence-corrected chi connectivity index (χ2v) is 6.49. The number of hydrogen-bond acceptors (Lipinski definition) is 5. The molecular weight excluding hydrogens is 372 g/mol. The van der Waals surface area contributed by atoms with E-state index in [9.17, 15) is 19.7 Å². The first kappa shape index (κ1) is 19.8. The summed E-state index contributed by atoms with van der Waals surface area (Å²) < 4.78 is 5.28. The van der Waals surface area contributed by atoms with Crippen LogP contribution in [0.3, 0.4) is 0 Å². The van der Waals surface area contributed by atoms with Crippen LogP contribution in [0.1, 0.15) is 31.8 Å². The molecule has 1 amide bonds. The molecule has 29 heavy (non-hydrogen) atoms. The summed E-state index contributed by atoms with van der Waals surface area (Å²) >= 11 is 0. The van der Waals surface area contributed by atoms with Gasteiger partial charge in [0.05, 0.1) is 10.5 Å². The molecule has 0 atom stereocenters. The minimum atomic E-state index is -0.639. The maximum atomic E-state index is 12.3. The molecule has 0 heterocycles. The van der Waals surface area contributed by atoms with Crippen LogP contribution < -0.4 is 10.1 Å². The Balaban J connectivity index is 1.66. The normalized spacial score (nSPS) is 10.3. The summed E-state index contributed by atoms with van der Waals surface area (Å²) in [5, 5.41) is 13.7. The topological polar surface area (TPSA) is 98.5 Å². The van der Waals surface area contributed by atoms with Gasteiger partial charge in [0.25, 0.3) is 11.6 Å². The van der Waals surface area contributed by atoms with Crippen LogP contribution in [0.5, 0.6) is 5.75 Å². The number of carbonyl (C=O) groups excluding carboxylic acids is 2. The van der Waals surface area contributed by atoms with Crippen molar-refractivity contribution >= 4 is 23.3 Å². The molecule has 0 saturated heterocycles. The summed E-state index contributed by atoms with van der Waals surface area (Å²) in [5.41, 5.74) is 2.70. The standard InChI is InChI=1S/C22H18N2O5/c1-14-3-8-18(9-4-14)23-21(25)16-5-10-19(11-6-16)29-22(26)17-7-12-20(24(27)28)15(2)13-17/h3-13H,1-2H3,(H,23,25). The molecule has 3 rings (SSSR count). The first-order chi connectivity index (χ1) is 13.8. The van der Waals surface area contributed by atoms with Crippen molar-refractivity contribution in [2.24, 2.45) is 0 Å².